The molecule has 0 spiro atoms. The molecule has 8 nitrogen and oxygen atoms in total. The van der Waals surface area contributed by atoms with Crippen molar-refractivity contribution in [1.82, 2.24) is 4.57 Å². The second-order valence-electron chi connectivity index (χ2n) is 28.3. The first-order valence-corrected chi connectivity index (χ1v) is 43.2. The molecule has 0 radical (unpaired) electrons. The predicted octanol–water partition coefficient (Wildman–Crippen LogP) is 28.6. The molecule has 12 heteroatoms. The average molecular weight is 1430 g/mol. The number of hydrogen-bond donors (Lipinski definition) is 1. The molecule has 5 heterocycles. The lowest BCUT2D eigenvalue weighted by Gasteiger charge is -2.12. The van der Waals surface area contributed by atoms with Gasteiger partial charge in [0.05, 0.1) is 39.0 Å². The van der Waals surface area contributed by atoms with Gasteiger partial charge in [-0.3, -0.25) is 0 Å². The Bertz CT molecular complexity index is 3480. The minimum Gasteiger partial charge on any atom is -0.497 e. The van der Waals surface area contributed by atoms with Gasteiger partial charge in [-0.15, -0.1) is 45.3 Å². The minimum absolute atomic E-state index is 0.118. The van der Waals surface area contributed by atoms with E-state index in [0.29, 0.717) is 0 Å². The number of nitrogens with zero attached hydrogens (tertiary/aromatic N) is 1. The first-order chi connectivity index (χ1) is 48.6. The number of aryl methyl sites for hydroxylation is 5. The highest BCUT2D eigenvalue weighted by molar-refractivity contribution is 7.29. The summed E-state index contributed by atoms with van der Waals surface area (Å²) in [4.78, 5) is 36.0. The van der Waals surface area contributed by atoms with Gasteiger partial charge in [0.2, 0.25) is 0 Å². The Labute approximate surface area is 615 Å². The van der Waals surface area contributed by atoms with Gasteiger partial charge in [0.25, 0.3) is 0 Å². The second-order valence-corrected chi connectivity index (χ2v) is 32.5. The molecule has 2 aromatic carbocycles. The summed E-state index contributed by atoms with van der Waals surface area (Å²) in [6.07, 6.45) is 57.3. The Morgan fingerprint density at radius 2 is 0.717 bits per heavy atom. The molecule has 0 saturated carbocycles. The number of aliphatic carboxylic acids is 1. The third-order valence-corrected chi connectivity index (χ3v) is 25.6. The van der Waals surface area contributed by atoms with Gasteiger partial charge >= 0.3 is 11.9 Å². The number of carboxylic acids is 1. The summed E-state index contributed by atoms with van der Waals surface area (Å²) in [5.74, 6) is 0.385. The topological polar surface area (TPSA) is 96.2 Å². The summed E-state index contributed by atoms with van der Waals surface area (Å²) >= 11 is 7.57. The number of methoxy groups -OCH3 is 3. The van der Waals surface area contributed by atoms with Crippen molar-refractivity contribution >= 4 is 85.2 Å². The number of unbranched alkanes of at least 4 members (excludes halogenated alkanes) is 36. The number of hydrogen-bond acceptors (Lipinski definition) is 10. The molecule has 0 unspecified atom stereocenters. The van der Waals surface area contributed by atoms with Gasteiger partial charge < -0.3 is 28.6 Å². The van der Waals surface area contributed by atoms with E-state index in [1.54, 1.807) is 38.6 Å². The number of benzene rings is 2. The van der Waals surface area contributed by atoms with Crippen LogP contribution in [0, 0.1) is 0 Å². The molecular weight excluding hydrogens is 1300 g/mol. The average Bonchev–Trinajstić information content (AvgIpc) is 1.58. The van der Waals surface area contributed by atoms with Gasteiger partial charge in [0.15, 0.2) is 0 Å². The molecule has 1 N–H and O–H groups in total. The highest BCUT2D eigenvalue weighted by atomic mass is 32.1. The van der Waals surface area contributed by atoms with E-state index in [9.17, 15) is 14.7 Å². The van der Waals surface area contributed by atoms with E-state index < -0.39 is 11.9 Å². The van der Waals surface area contributed by atoms with Crippen LogP contribution in [0.25, 0.3) is 67.6 Å². The number of thiophene rings is 4. The molecule has 0 amide bonds. The van der Waals surface area contributed by atoms with E-state index in [4.69, 9.17) is 18.9 Å². The van der Waals surface area contributed by atoms with Crippen LogP contribution in [0.2, 0.25) is 0 Å². The van der Waals surface area contributed by atoms with Gasteiger partial charge in [-0.1, -0.05) is 259 Å². The van der Waals surface area contributed by atoms with Crippen molar-refractivity contribution in [2.75, 3.05) is 27.9 Å². The summed E-state index contributed by atoms with van der Waals surface area (Å²) in [6, 6.07) is 18.8. The second kappa shape index (κ2) is 46.7. The van der Waals surface area contributed by atoms with E-state index in [2.05, 4.69) is 81.7 Å². The lowest BCUT2D eigenvalue weighted by atomic mass is 9.99. The number of carbonyl (C=O) groups excluding carboxylic acids is 1. The Hall–Kier alpha value is -4.88. The van der Waals surface area contributed by atoms with E-state index in [1.165, 1.54) is 300 Å². The predicted molar refractivity (Wildman–Crippen MR) is 432 cm³/mol. The van der Waals surface area contributed by atoms with Crippen molar-refractivity contribution in [3.63, 3.8) is 0 Å². The van der Waals surface area contributed by atoms with Gasteiger partial charge in [-0.25, -0.2) is 9.59 Å². The highest BCUT2D eigenvalue weighted by Crippen LogP contribution is 2.52. The maximum Gasteiger partial charge on any atom is 0.345 e. The number of carbonyl (C=O) groups is 2. The molecule has 99 heavy (non-hydrogen) atoms. The first-order valence-electron chi connectivity index (χ1n) is 40.0. The third kappa shape index (κ3) is 25.5. The van der Waals surface area contributed by atoms with Crippen LogP contribution in [0.1, 0.15) is 326 Å². The molecule has 0 saturated heterocycles. The van der Waals surface area contributed by atoms with Gasteiger partial charge in [0.1, 0.15) is 22.8 Å². The summed E-state index contributed by atoms with van der Waals surface area (Å²) < 4.78 is 26.1. The molecule has 0 fully saturated rings. The van der Waals surface area contributed by atoms with Crippen molar-refractivity contribution in [3.05, 3.63) is 81.2 Å². The standard InChI is InChI=1S/C87H129NO7S4/c1-10-16-20-24-28-32-36-40-44-48-52-65-56-71(64-74(86(89)90)87(91)95-15-6)96-83(65)77-60-67(54-50-46-42-38-34-30-26-22-18-12-3)85(98-77)79-61-68(55-51-47-43-39-35-31-27-23-19-13-4)84(99-79)78-59-66(53-49-45-41-37-33-29-25-21-17-11-2)82(97-78)69-57-72-73-62-70(92-7)63-76(94-9)81(73)88(14-5)80(72)75(58-69)93-8/h56-64H,10-55H2,1-9H3,(H,89,90)/b74-64-. The lowest BCUT2D eigenvalue weighted by molar-refractivity contribution is -0.143. The number of ether oxygens (including phenoxy) is 4. The Balaban J connectivity index is 1.33. The first kappa shape index (κ1) is 81.4. The molecule has 0 atom stereocenters. The van der Waals surface area contributed by atoms with Crippen LogP contribution < -0.4 is 14.2 Å². The van der Waals surface area contributed by atoms with E-state index in [1.807, 2.05) is 47.2 Å². The van der Waals surface area contributed by atoms with Crippen molar-refractivity contribution in [2.45, 2.75) is 331 Å². The number of rotatable bonds is 56. The lowest BCUT2D eigenvalue weighted by Crippen LogP contribution is -2.15. The maximum absolute atomic E-state index is 13.2. The third-order valence-electron chi connectivity index (χ3n) is 20.3. The number of fused-ring (bicyclic) bond motifs is 3. The minimum atomic E-state index is -1.26. The quantitative estimate of drug-likeness (QED) is 0.0133. The summed E-state index contributed by atoms with van der Waals surface area (Å²) in [7, 11) is 5.31. The highest BCUT2D eigenvalue weighted by Gasteiger charge is 2.27. The molecule has 5 aromatic heterocycles. The molecule has 0 aliphatic heterocycles. The SMILES string of the molecule is CCCCCCCCCCCCc1cc(-c2sc(-c3sc(-c4sc(/C=C(/C(=O)O)C(=O)OCC)cc4CCCCCCCCCCCC)cc3CCCCCCCCCCCC)cc2CCCCCCCCCCCC)sc1-c1cc(OC)c2c(c1)c1cc(OC)cc(OC)c1n2CC. The Kier molecular flexibility index (Phi) is 38.4. The number of carboxylic acid groups (broad SMARTS) is 1. The van der Waals surface area contributed by atoms with Crippen LogP contribution in [0.3, 0.4) is 0 Å². The number of esters is 1. The molecule has 0 aliphatic rings. The largest absolute Gasteiger partial charge is 0.497 e. The molecular formula is C87H129NO7S4. The van der Waals surface area contributed by atoms with E-state index >= 15 is 0 Å². The molecule has 0 aliphatic carbocycles. The van der Waals surface area contributed by atoms with Crippen molar-refractivity contribution in [1.29, 1.82) is 0 Å². The monoisotopic (exact) mass is 1430 g/mol. The van der Waals surface area contributed by atoms with Gasteiger partial charge in [-0.2, -0.15) is 0 Å². The van der Waals surface area contributed by atoms with Crippen LogP contribution in [-0.2, 0) is 46.6 Å². The van der Waals surface area contributed by atoms with E-state index in [0.717, 1.165) is 95.4 Å². The molecule has 548 valence electrons. The summed E-state index contributed by atoms with van der Waals surface area (Å²) in [5, 5.41) is 12.6. The molecule has 7 aromatic rings. The molecule has 0 bridgehead atoms. The van der Waals surface area contributed by atoms with Crippen molar-refractivity contribution in [3.8, 4) is 57.0 Å². The van der Waals surface area contributed by atoms with Crippen LogP contribution in [0.15, 0.2) is 54.1 Å². The zero-order valence-electron chi connectivity index (χ0n) is 63.2. The summed E-state index contributed by atoms with van der Waals surface area (Å²) in [5.41, 5.74) is 8.58. The summed E-state index contributed by atoms with van der Waals surface area (Å²) in [6.45, 7) is 14.0. The van der Waals surface area contributed by atoms with Crippen molar-refractivity contribution < 1.29 is 33.6 Å². The van der Waals surface area contributed by atoms with Crippen LogP contribution in [0.5, 0.6) is 17.2 Å². The van der Waals surface area contributed by atoms with Crippen LogP contribution >= 0.6 is 45.3 Å². The normalized spacial score (nSPS) is 11.9. The Morgan fingerprint density at radius 1 is 0.384 bits per heavy atom. The fourth-order valence-corrected chi connectivity index (χ4v) is 19.9. The van der Waals surface area contributed by atoms with Crippen molar-refractivity contribution in [2.24, 2.45) is 0 Å². The Morgan fingerprint density at radius 3 is 1.07 bits per heavy atom. The zero-order valence-corrected chi connectivity index (χ0v) is 66.5. The fraction of sp³-hybridized carbons (Fsp3) is 0.632. The van der Waals surface area contributed by atoms with Crippen LogP contribution in [0.4, 0.5) is 0 Å². The smallest absolute Gasteiger partial charge is 0.345 e. The van der Waals surface area contributed by atoms with Crippen LogP contribution in [-0.4, -0.2) is 49.5 Å². The van der Waals surface area contributed by atoms with Gasteiger partial charge in [-0.05, 0) is 142 Å². The number of aromatic nitrogens is 1. The fourth-order valence-electron chi connectivity index (χ4n) is 14.7. The van der Waals surface area contributed by atoms with E-state index in [-0.39, 0.29) is 12.2 Å². The van der Waals surface area contributed by atoms with Gasteiger partial charge in [0, 0.05) is 62.4 Å². The maximum atomic E-state index is 13.2. The zero-order chi connectivity index (χ0) is 70.4. The molecule has 7 rings (SSSR count).